The third-order valence-electron chi connectivity index (χ3n) is 3.31. The standard InChI is InChI=1S/C12H17F2N3/c1-8-2-3-17(10(4-8)6-15)12-11(14)5-9(13)7-16-12/h5,7-8,10H,2-4,6,15H2,1H3. The van der Waals surface area contributed by atoms with Crippen LogP contribution in [0, 0.1) is 17.6 Å². The fourth-order valence-corrected chi connectivity index (χ4v) is 2.37. The Kier molecular flexibility index (Phi) is 3.57. The van der Waals surface area contributed by atoms with Crippen LogP contribution in [0.15, 0.2) is 12.3 Å². The molecular formula is C12H17F2N3. The maximum Gasteiger partial charge on any atom is 0.168 e. The summed E-state index contributed by atoms with van der Waals surface area (Å²) < 4.78 is 26.5. The van der Waals surface area contributed by atoms with Crippen LogP contribution in [0.3, 0.4) is 0 Å². The van der Waals surface area contributed by atoms with Crippen LogP contribution < -0.4 is 10.6 Å². The van der Waals surface area contributed by atoms with Crippen molar-refractivity contribution in [3.05, 3.63) is 23.9 Å². The predicted molar refractivity (Wildman–Crippen MR) is 62.7 cm³/mol. The van der Waals surface area contributed by atoms with Crippen molar-refractivity contribution in [1.82, 2.24) is 4.98 Å². The van der Waals surface area contributed by atoms with Crippen molar-refractivity contribution in [2.45, 2.75) is 25.8 Å². The molecule has 1 aromatic heterocycles. The molecule has 1 aliphatic heterocycles. The van der Waals surface area contributed by atoms with Crippen molar-refractivity contribution in [3.8, 4) is 0 Å². The summed E-state index contributed by atoms with van der Waals surface area (Å²) in [7, 11) is 0. The van der Waals surface area contributed by atoms with E-state index in [1.807, 2.05) is 4.90 Å². The number of piperidine rings is 1. The number of nitrogens with two attached hydrogens (primary N) is 1. The fraction of sp³-hybridized carbons (Fsp3) is 0.583. The van der Waals surface area contributed by atoms with Gasteiger partial charge in [-0.25, -0.2) is 13.8 Å². The van der Waals surface area contributed by atoms with Crippen LogP contribution in [0.1, 0.15) is 19.8 Å². The molecule has 0 saturated carbocycles. The third kappa shape index (κ3) is 2.54. The molecular weight excluding hydrogens is 224 g/mol. The molecule has 1 saturated heterocycles. The smallest absolute Gasteiger partial charge is 0.168 e. The lowest BCUT2D eigenvalue weighted by Crippen LogP contribution is -2.47. The Morgan fingerprint density at radius 3 is 2.94 bits per heavy atom. The zero-order valence-corrected chi connectivity index (χ0v) is 9.87. The molecule has 2 unspecified atom stereocenters. The minimum atomic E-state index is -0.652. The lowest BCUT2D eigenvalue weighted by Gasteiger charge is -2.38. The van der Waals surface area contributed by atoms with Gasteiger partial charge in [0.1, 0.15) is 5.82 Å². The molecule has 94 valence electrons. The molecule has 17 heavy (non-hydrogen) atoms. The molecule has 5 heteroatoms. The van der Waals surface area contributed by atoms with E-state index in [0.29, 0.717) is 12.5 Å². The number of anilines is 1. The fourth-order valence-electron chi connectivity index (χ4n) is 2.37. The van der Waals surface area contributed by atoms with Crippen molar-refractivity contribution in [1.29, 1.82) is 0 Å². The molecule has 2 atom stereocenters. The first kappa shape index (κ1) is 12.2. The van der Waals surface area contributed by atoms with E-state index >= 15 is 0 Å². The third-order valence-corrected chi connectivity index (χ3v) is 3.31. The summed E-state index contributed by atoms with van der Waals surface area (Å²) >= 11 is 0. The second kappa shape index (κ2) is 4.96. The highest BCUT2D eigenvalue weighted by Crippen LogP contribution is 2.27. The summed E-state index contributed by atoms with van der Waals surface area (Å²) in [5, 5.41) is 0. The van der Waals surface area contributed by atoms with Gasteiger partial charge in [-0.15, -0.1) is 0 Å². The monoisotopic (exact) mass is 241 g/mol. The maximum atomic E-state index is 13.7. The summed E-state index contributed by atoms with van der Waals surface area (Å²) in [6.07, 6.45) is 2.95. The van der Waals surface area contributed by atoms with Crippen molar-refractivity contribution in [2.75, 3.05) is 18.0 Å². The lowest BCUT2D eigenvalue weighted by atomic mass is 9.92. The average Bonchev–Trinajstić information content (AvgIpc) is 2.30. The summed E-state index contributed by atoms with van der Waals surface area (Å²) in [6.45, 7) is 3.34. The van der Waals surface area contributed by atoms with Gasteiger partial charge >= 0.3 is 0 Å². The van der Waals surface area contributed by atoms with E-state index in [0.717, 1.165) is 31.6 Å². The van der Waals surface area contributed by atoms with Crippen LogP contribution in [0.4, 0.5) is 14.6 Å². The van der Waals surface area contributed by atoms with E-state index in [9.17, 15) is 8.78 Å². The Hall–Kier alpha value is -1.23. The lowest BCUT2D eigenvalue weighted by molar-refractivity contribution is 0.361. The Morgan fingerprint density at radius 1 is 1.53 bits per heavy atom. The Bertz CT molecular complexity index is 397. The first-order valence-corrected chi connectivity index (χ1v) is 5.89. The molecule has 1 aliphatic rings. The van der Waals surface area contributed by atoms with Crippen LogP contribution in [-0.2, 0) is 0 Å². The van der Waals surface area contributed by atoms with Gasteiger partial charge in [0.25, 0.3) is 0 Å². The van der Waals surface area contributed by atoms with E-state index in [1.54, 1.807) is 0 Å². The highest BCUT2D eigenvalue weighted by molar-refractivity contribution is 5.42. The number of aromatic nitrogens is 1. The van der Waals surface area contributed by atoms with Crippen molar-refractivity contribution >= 4 is 5.82 Å². The van der Waals surface area contributed by atoms with E-state index in [4.69, 9.17) is 5.73 Å². The molecule has 0 aromatic carbocycles. The molecule has 3 nitrogen and oxygen atoms in total. The van der Waals surface area contributed by atoms with Crippen molar-refractivity contribution in [3.63, 3.8) is 0 Å². The summed E-state index contributed by atoms with van der Waals surface area (Å²) in [6, 6.07) is 0.958. The van der Waals surface area contributed by atoms with Crippen LogP contribution in [0.25, 0.3) is 0 Å². The van der Waals surface area contributed by atoms with Gasteiger partial charge in [0.2, 0.25) is 0 Å². The molecule has 1 aromatic rings. The van der Waals surface area contributed by atoms with Gasteiger partial charge in [-0.1, -0.05) is 6.92 Å². The first-order chi connectivity index (χ1) is 8.11. The molecule has 2 rings (SSSR count). The second-order valence-corrected chi connectivity index (χ2v) is 4.67. The number of hydrogen-bond donors (Lipinski definition) is 1. The average molecular weight is 241 g/mol. The van der Waals surface area contributed by atoms with Crippen LogP contribution in [-0.4, -0.2) is 24.1 Å². The largest absolute Gasteiger partial charge is 0.350 e. The quantitative estimate of drug-likeness (QED) is 0.860. The summed E-state index contributed by atoms with van der Waals surface area (Å²) in [5.74, 6) is -0.462. The van der Waals surface area contributed by atoms with Crippen LogP contribution >= 0.6 is 0 Å². The highest BCUT2D eigenvalue weighted by atomic mass is 19.1. The normalized spacial score (nSPS) is 25.1. The Morgan fingerprint density at radius 2 is 2.29 bits per heavy atom. The van der Waals surface area contributed by atoms with Crippen molar-refractivity contribution < 1.29 is 8.78 Å². The Balaban J connectivity index is 2.25. The van der Waals surface area contributed by atoms with E-state index in [-0.39, 0.29) is 11.9 Å². The number of halogens is 2. The van der Waals surface area contributed by atoms with Gasteiger partial charge in [0.05, 0.1) is 6.20 Å². The van der Waals surface area contributed by atoms with Crippen molar-refractivity contribution in [2.24, 2.45) is 11.7 Å². The summed E-state index contributed by atoms with van der Waals surface area (Å²) in [4.78, 5) is 5.70. The zero-order valence-electron chi connectivity index (χ0n) is 9.87. The highest BCUT2D eigenvalue weighted by Gasteiger charge is 2.28. The summed E-state index contributed by atoms with van der Waals surface area (Å²) in [5.41, 5.74) is 5.71. The minimum Gasteiger partial charge on any atom is -0.350 e. The minimum absolute atomic E-state index is 0.0891. The second-order valence-electron chi connectivity index (χ2n) is 4.67. The van der Waals surface area contributed by atoms with Gasteiger partial charge < -0.3 is 10.6 Å². The molecule has 2 N–H and O–H groups in total. The maximum absolute atomic E-state index is 13.7. The first-order valence-electron chi connectivity index (χ1n) is 5.89. The SMILES string of the molecule is CC1CCN(c2ncc(F)cc2F)C(CN)C1. The molecule has 2 heterocycles. The van der Waals surface area contributed by atoms with Gasteiger partial charge in [-0.05, 0) is 18.8 Å². The van der Waals surface area contributed by atoms with E-state index in [1.165, 1.54) is 0 Å². The number of hydrogen-bond acceptors (Lipinski definition) is 3. The van der Waals surface area contributed by atoms with E-state index < -0.39 is 11.6 Å². The van der Waals surface area contributed by atoms with Gasteiger partial charge in [-0.2, -0.15) is 0 Å². The topological polar surface area (TPSA) is 42.2 Å². The molecule has 0 bridgehead atoms. The zero-order chi connectivity index (χ0) is 12.4. The molecule has 0 amide bonds. The molecule has 0 aliphatic carbocycles. The molecule has 0 radical (unpaired) electrons. The number of rotatable bonds is 2. The number of pyridine rings is 1. The van der Waals surface area contributed by atoms with Gasteiger partial charge in [-0.3, -0.25) is 0 Å². The van der Waals surface area contributed by atoms with Gasteiger partial charge in [0, 0.05) is 25.2 Å². The molecule has 0 spiro atoms. The Labute approximate surface area is 99.6 Å². The van der Waals surface area contributed by atoms with E-state index in [2.05, 4.69) is 11.9 Å². The van der Waals surface area contributed by atoms with Crippen LogP contribution in [0.5, 0.6) is 0 Å². The van der Waals surface area contributed by atoms with Crippen LogP contribution in [0.2, 0.25) is 0 Å². The predicted octanol–water partition coefficient (Wildman–Crippen LogP) is 1.92. The molecule has 1 fully saturated rings. The number of nitrogens with zero attached hydrogens (tertiary/aromatic N) is 2. The van der Waals surface area contributed by atoms with Gasteiger partial charge in [0.15, 0.2) is 11.6 Å².